The fraction of sp³-hybridized carbons (Fsp3) is 0.857. The van der Waals surface area contributed by atoms with Gasteiger partial charge in [0.1, 0.15) is 11.2 Å². The molecule has 3 saturated carbocycles. The van der Waals surface area contributed by atoms with Gasteiger partial charge in [0.2, 0.25) is 0 Å². The van der Waals surface area contributed by atoms with Crippen molar-refractivity contribution in [3.63, 3.8) is 0 Å². The van der Waals surface area contributed by atoms with Crippen molar-refractivity contribution in [2.24, 2.45) is 40.4 Å². The van der Waals surface area contributed by atoms with Crippen molar-refractivity contribution in [3.05, 3.63) is 23.8 Å². The van der Waals surface area contributed by atoms with Gasteiger partial charge in [-0.15, -0.1) is 0 Å². The van der Waals surface area contributed by atoms with Gasteiger partial charge in [-0.2, -0.15) is 0 Å². The first kappa shape index (κ1) is 22.2. The van der Waals surface area contributed by atoms with Crippen LogP contribution in [0.25, 0.3) is 0 Å². The molecular formula is C28H44O3. The molecule has 0 radical (unpaired) electrons. The third-order valence-corrected chi connectivity index (χ3v) is 11.0. The Bertz CT molecular complexity index is 800. The van der Waals surface area contributed by atoms with E-state index >= 15 is 0 Å². The summed E-state index contributed by atoms with van der Waals surface area (Å²) in [5, 5.41) is 21.7. The molecule has 2 N–H and O–H groups in total. The highest BCUT2D eigenvalue weighted by Gasteiger charge is 2.86. The SMILES string of the molecule is CC(C)[C@@H](C)/C=C/[C@@H](C)[C@H]1CC(O)[C@H]2C34CC=C5C[C@@H](O)CC[C@]5(C)C3(CC[C@]12C)O4. The molecular weight excluding hydrogens is 384 g/mol. The molecule has 0 amide bonds. The smallest absolute Gasteiger partial charge is 0.108 e. The second-order valence-electron chi connectivity index (χ2n) is 12.7. The molecule has 0 spiro atoms. The van der Waals surface area contributed by atoms with Gasteiger partial charge in [-0.25, -0.2) is 0 Å². The highest BCUT2D eigenvalue weighted by molar-refractivity contribution is 5.43. The van der Waals surface area contributed by atoms with E-state index in [0.717, 1.165) is 44.9 Å². The number of rotatable bonds is 4. The van der Waals surface area contributed by atoms with Gasteiger partial charge < -0.3 is 14.9 Å². The molecule has 4 fully saturated rings. The molecule has 1 heterocycles. The third-order valence-electron chi connectivity index (χ3n) is 11.0. The van der Waals surface area contributed by atoms with Crippen LogP contribution >= 0.6 is 0 Å². The molecule has 0 bridgehead atoms. The first-order valence-corrected chi connectivity index (χ1v) is 12.9. The van der Waals surface area contributed by atoms with Crippen LogP contribution in [0.15, 0.2) is 23.8 Å². The molecule has 3 unspecified atom stereocenters. The lowest BCUT2D eigenvalue weighted by Gasteiger charge is -2.54. The Morgan fingerprint density at radius 1 is 1.06 bits per heavy atom. The molecule has 3 heteroatoms. The zero-order chi connectivity index (χ0) is 22.4. The summed E-state index contributed by atoms with van der Waals surface area (Å²) < 4.78 is 6.92. The van der Waals surface area contributed by atoms with Crippen LogP contribution in [0.5, 0.6) is 0 Å². The minimum absolute atomic E-state index is 0.0296. The van der Waals surface area contributed by atoms with Gasteiger partial charge >= 0.3 is 0 Å². The zero-order valence-electron chi connectivity index (χ0n) is 20.5. The predicted molar refractivity (Wildman–Crippen MR) is 124 cm³/mol. The molecule has 0 aromatic heterocycles. The maximum absolute atomic E-state index is 11.5. The molecule has 3 nitrogen and oxygen atoms in total. The van der Waals surface area contributed by atoms with Gasteiger partial charge in [0.25, 0.3) is 0 Å². The lowest BCUT2D eigenvalue weighted by atomic mass is 9.46. The maximum Gasteiger partial charge on any atom is 0.108 e. The van der Waals surface area contributed by atoms with E-state index in [9.17, 15) is 10.2 Å². The van der Waals surface area contributed by atoms with Crippen LogP contribution in [0.3, 0.4) is 0 Å². The average Bonchev–Trinajstić information content (AvgIpc) is 3.33. The first-order valence-electron chi connectivity index (χ1n) is 12.9. The molecule has 5 rings (SSSR count). The van der Waals surface area contributed by atoms with Crippen molar-refractivity contribution >= 4 is 0 Å². The van der Waals surface area contributed by atoms with Crippen molar-refractivity contribution in [2.75, 3.05) is 0 Å². The number of epoxide rings is 1. The molecule has 1 saturated heterocycles. The van der Waals surface area contributed by atoms with Crippen LogP contribution in [-0.4, -0.2) is 33.6 Å². The van der Waals surface area contributed by atoms with Crippen LogP contribution in [-0.2, 0) is 4.74 Å². The fourth-order valence-electron chi connectivity index (χ4n) is 8.78. The molecule has 10 atom stereocenters. The highest BCUT2D eigenvalue weighted by Crippen LogP contribution is 2.80. The van der Waals surface area contributed by atoms with Gasteiger partial charge in [0, 0.05) is 11.3 Å². The van der Waals surface area contributed by atoms with E-state index in [1.807, 2.05) is 0 Å². The van der Waals surface area contributed by atoms with E-state index in [1.54, 1.807) is 0 Å². The number of hydrogen-bond donors (Lipinski definition) is 2. The van der Waals surface area contributed by atoms with Gasteiger partial charge in [0.05, 0.1) is 12.2 Å². The van der Waals surface area contributed by atoms with Gasteiger partial charge in [-0.3, -0.25) is 0 Å². The summed E-state index contributed by atoms with van der Waals surface area (Å²) in [5.74, 6) is 2.45. The second kappa shape index (κ2) is 6.93. The number of fused-ring (bicyclic) bond motifs is 2. The van der Waals surface area contributed by atoms with E-state index in [2.05, 4.69) is 59.8 Å². The van der Waals surface area contributed by atoms with Crippen molar-refractivity contribution in [1.29, 1.82) is 0 Å². The Hall–Kier alpha value is -0.640. The van der Waals surface area contributed by atoms with Crippen LogP contribution in [0.4, 0.5) is 0 Å². The Morgan fingerprint density at radius 3 is 2.52 bits per heavy atom. The van der Waals surface area contributed by atoms with E-state index in [-0.39, 0.29) is 40.2 Å². The zero-order valence-corrected chi connectivity index (χ0v) is 20.5. The molecule has 5 aliphatic rings. The Labute approximate surface area is 189 Å². The summed E-state index contributed by atoms with van der Waals surface area (Å²) in [7, 11) is 0. The molecule has 31 heavy (non-hydrogen) atoms. The van der Waals surface area contributed by atoms with E-state index < -0.39 is 0 Å². The maximum atomic E-state index is 11.5. The number of allylic oxidation sites excluding steroid dienone is 2. The van der Waals surface area contributed by atoms with Crippen LogP contribution in [0, 0.1) is 40.4 Å². The van der Waals surface area contributed by atoms with Crippen LogP contribution in [0.1, 0.15) is 86.5 Å². The lowest BCUT2D eigenvalue weighted by Crippen LogP contribution is -2.58. The van der Waals surface area contributed by atoms with Crippen molar-refractivity contribution in [2.45, 2.75) is 110 Å². The van der Waals surface area contributed by atoms with Crippen molar-refractivity contribution < 1.29 is 14.9 Å². The third kappa shape index (κ3) is 2.75. The summed E-state index contributed by atoms with van der Waals surface area (Å²) in [6.07, 6.45) is 13.5. The second-order valence-corrected chi connectivity index (χ2v) is 12.7. The number of aliphatic hydroxyl groups is 2. The molecule has 1 aliphatic heterocycles. The van der Waals surface area contributed by atoms with E-state index in [0.29, 0.717) is 23.7 Å². The van der Waals surface area contributed by atoms with Crippen molar-refractivity contribution in [3.8, 4) is 0 Å². The minimum Gasteiger partial charge on any atom is -0.393 e. The minimum atomic E-state index is -0.275. The van der Waals surface area contributed by atoms with E-state index in [4.69, 9.17) is 4.74 Å². The summed E-state index contributed by atoms with van der Waals surface area (Å²) in [6, 6.07) is 0. The number of aliphatic hydroxyl groups excluding tert-OH is 2. The predicted octanol–water partition coefficient (Wildman–Crippen LogP) is 5.66. The molecule has 0 aromatic rings. The highest BCUT2D eigenvalue weighted by atomic mass is 16.6. The molecule has 174 valence electrons. The first-order chi connectivity index (χ1) is 14.5. The standard InChI is InChI=1S/C28H44O3/c1-17(2)18(3)7-8-19(4)22-16-23(30)24-25(22,5)13-14-28-26(6)11-10-21(29)15-20(26)9-12-27(24,28)31-28/h7-9,17-19,21-24,29-30H,10-16H2,1-6H3/b8-7+/t18-,19+,21-,22+,23?,24+,25+,26-,27?,28?/m0/s1. The summed E-state index contributed by atoms with van der Waals surface area (Å²) >= 11 is 0. The average molecular weight is 429 g/mol. The van der Waals surface area contributed by atoms with Crippen molar-refractivity contribution in [1.82, 2.24) is 0 Å². The number of hydrogen-bond acceptors (Lipinski definition) is 3. The topological polar surface area (TPSA) is 53.0 Å². The van der Waals surface area contributed by atoms with Crippen LogP contribution < -0.4 is 0 Å². The number of ether oxygens (including phenoxy) is 1. The Balaban J connectivity index is 1.45. The lowest BCUT2D eigenvalue weighted by molar-refractivity contribution is -0.0229. The van der Waals surface area contributed by atoms with Gasteiger partial charge in [-0.05, 0) is 74.0 Å². The fourth-order valence-corrected chi connectivity index (χ4v) is 8.78. The normalized spacial score (nSPS) is 52.7. The van der Waals surface area contributed by atoms with E-state index in [1.165, 1.54) is 5.57 Å². The summed E-state index contributed by atoms with van der Waals surface area (Å²) in [5.41, 5.74) is 1.27. The van der Waals surface area contributed by atoms with Crippen LogP contribution in [0.2, 0.25) is 0 Å². The Kier molecular flexibility index (Phi) is 4.96. The van der Waals surface area contributed by atoms with Gasteiger partial charge in [0.15, 0.2) is 0 Å². The van der Waals surface area contributed by atoms with Gasteiger partial charge in [-0.1, -0.05) is 65.3 Å². The largest absolute Gasteiger partial charge is 0.393 e. The quantitative estimate of drug-likeness (QED) is 0.449. The summed E-state index contributed by atoms with van der Waals surface area (Å²) in [6.45, 7) is 14.1. The molecule has 0 aromatic carbocycles. The summed E-state index contributed by atoms with van der Waals surface area (Å²) in [4.78, 5) is 0. The Morgan fingerprint density at radius 2 is 1.81 bits per heavy atom. The monoisotopic (exact) mass is 428 g/mol. The molecule has 4 aliphatic carbocycles.